The number of esters is 1. The summed E-state index contributed by atoms with van der Waals surface area (Å²) in [5.74, 6) is 1.61. The van der Waals surface area contributed by atoms with Gasteiger partial charge in [0, 0.05) is 6.20 Å². The Hall–Kier alpha value is -2.83. The van der Waals surface area contributed by atoms with Gasteiger partial charge in [0.25, 0.3) is 11.7 Å². The van der Waals surface area contributed by atoms with E-state index in [2.05, 4.69) is 9.48 Å². The third-order valence-electron chi connectivity index (χ3n) is 4.45. The number of pyridine rings is 1. The standard InChI is InChI=1S/C21H33N5O2/c1-10-28-21(27)18-17(20(24(6)7)25(8)9)16(19(22(2)3)23(4)5)15-13-11-12-14-26(15)18/h11-14H,10H2,1-9H3/q+2. The van der Waals surface area contributed by atoms with Crippen molar-refractivity contribution in [3.05, 3.63) is 41.2 Å². The van der Waals surface area contributed by atoms with Gasteiger partial charge in [-0.25, -0.2) is 4.79 Å². The van der Waals surface area contributed by atoms with Crippen LogP contribution in [0.3, 0.4) is 0 Å². The van der Waals surface area contributed by atoms with Crippen molar-refractivity contribution in [3.63, 3.8) is 0 Å². The third-order valence-corrected chi connectivity index (χ3v) is 4.45. The summed E-state index contributed by atoms with van der Waals surface area (Å²) < 4.78 is 11.5. The van der Waals surface area contributed by atoms with Crippen molar-refractivity contribution in [2.75, 3.05) is 63.0 Å². The van der Waals surface area contributed by atoms with Crippen LogP contribution in [0.4, 0.5) is 0 Å². The molecule has 0 aromatic carbocycles. The van der Waals surface area contributed by atoms with Crippen molar-refractivity contribution in [2.24, 2.45) is 0 Å². The highest BCUT2D eigenvalue weighted by atomic mass is 16.5. The topological polar surface area (TPSA) is 43.2 Å². The van der Waals surface area contributed by atoms with Crippen LogP contribution in [-0.2, 0) is 4.74 Å². The first kappa shape index (κ1) is 21.5. The summed E-state index contributed by atoms with van der Waals surface area (Å²) in [6.07, 6.45) is 1.92. The van der Waals surface area contributed by atoms with Crippen LogP contribution < -0.4 is 0 Å². The summed E-state index contributed by atoms with van der Waals surface area (Å²) in [5, 5.41) is 0. The monoisotopic (exact) mass is 387 g/mol. The average Bonchev–Trinajstić information content (AvgIpc) is 2.89. The molecule has 0 bridgehead atoms. The number of hydrogen-bond donors (Lipinski definition) is 0. The zero-order chi connectivity index (χ0) is 21.2. The van der Waals surface area contributed by atoms with Crippen LogP contribution in [0.25, 0.3) is 5.52 Å². The van der Waals surface area contributed by atoms with Crippen molar-refractivity contribution in [2.45, 2.75) is 6.92 Å². The maximum Gasteiger partial charge on any atom is 0.356 e. The minimum atomic E-state index is -0.331. The molecule has 0 aliphatic rings. The fraction of sp³-hybridized carbons (Fsp3) is 0.476. The number of hydrogen-bond acceptors (Lipinski definition) is 2. The quantitative estimate of drug-likeness (QED) is 0.343. The number of nitrogens with zero attached hydrogens (tertiary/aromatic N) is 5. The van der Waals surface area contributed by atoms with E-state index in [0.29, 0.717) is 12.3 Å². The van der Waals surface area contributed by atoms with Crippen LogP contribution in [0.5, 0.6) is 0 Å². The Kier molecular flexibility index (Phi) is 6.48. The molecule has 2 rings (SSSR count). The number of fused-ring (bicyclic) bond motifs is 1. The number of aromatic nitrogens is 1. The van der Waals surface area contributed by atoms with E-state index in [1.807, 2.05) is 102 Å². The van der Waals surface area contributed by atoms with E-state index < -0.39 is 0 Å². The second-order valence-electron chi connectivity index (χ2n) is 7.50. The minimum absolute atomic E-state index is 0.324. The SMILES string of the molecule is CCOC(=O)c1c(C(N(C)C)=[N+](C)C)c(C(N(C)C)=[N+](C)C)c2ccccn12. The molecule has 7 heteroatoms. The molecule has 152 valence electrons. The molecule has 2 aromatic heterocycles. The number of rotatable bonds is 4. The molecule has 0 atom stereocenters. The van der Waals surface area contributed by atoms with Crippen LogP contribution >= 0.6 is 0 Å². The molecule has 7 nitrogen and oxygen atoms in total. The van der Waals surface area contributed by atoms with E-state index in [4.69, 9.17) is 4.74 Å². The summed E-state index contributed by atoms with van der Waals surface area (Å²) in [6.45, 7) is 2.15. The summed E-state index contributed by atoms with van der Waals surface area (Å²) in [4.78, 5) is 17.2. The van der Waals surface area contributed by atoms with E-state index in [-0.39, 0.29) is 5.97 Å². The lowest BCUT2D eigenvalue weighted by molar-refractivity contribution is -0.470. The van der Waals surface area contributed by atoms with Gasteiger partial charge < -0.3 is 9.14 Å². The summed E-state index contributed by atoms with van der Waals surface area (Å²) >= 11 is 0. The van der Waals surface area contributed by atoms with Crippen LogP contribution in [0, 0.1) is 0 Å². The Morgan fingerprint density at radius 1 is 0.964 bits per heavy atom. The van der Waals surface area contributed by atoms with Crippen molar-refractivity contribution >= 4 is 23.2 Å². The summed E-state index contributed by atoms with van der Waals surface area (Å²) in [7, 11) is 16.0. The lowest BCUT2D eigenvalue weighted by Crippen LogP contribution is -2.37. The Balaban J connectivity index is 3.16. The van der Waals surface area contributed by atoms with Crippen molar-refractivity contribution < 1.29 is 18.7 Å². The Morgan fingerprint density at radius 2 is 1.50 bits per heavy atom. The molecule has 2 aromatic rings. The molecule has 0 fully saturated rings. The van der Waals surface area contributed by atoms with Gasteiger partial charge in [0.15, 0.2) is 0 Å². The maximum atomic E-state index is 13.1. The highest BCUT2D eigenvalue weighted by Gasteiger charge is 2.37. The molecular weight excluding hydrogens is 354 g/mol. The zero-order valence-electron chi connectivity index (χ0n) is 18.6. The molecular formula is C21H33N5O2+2. The maximum absolute atomic E-state index is 13.1. The fourth-order valence-corrected chi connectivity index (χ4v) is 3.75. The third kappa shape index (κ3) is 3.74. The second kappa shape index (κ2) is 8.46. The smallest absolute Gasteiger partial charge is 0.356 e. The lowest BCUT2D eigenvalue weighted by atomic mass is 10.0. The fourth-order valence-electron chi connectivity index (χ4n) is 3.75. The normalized spacial score (nSPS) is 10.6. The Labute approximate surface area is 167 Å². The Morgan fingerprint density at radius 3 is 1.96 bits per heavy atom. The predicted octanol–water partition coefficient (Wildman–Crippen LogP) is 1.28. The highest BCUT2D eigenvalue weighted by molar-refractivity contribution is 6.17. The van der Waals surface area contributed by atoms with Gasteiger partial charge in [-0.05, 0) is 19.1 Å². The van der Waals surface area contributed by atoms with Crippen LogP contribution in [0.1, 0.15) is 28.5 Å². The van der Waals surface area contributed by atoms with Crippen LogP contribution in [0.15, 0.2) is 24.4 Å². The predicted molar refractivity (Wildman–Crippen MR) is 113 cm³/mol. The first-order valence-electron chi connectivity index (χ1n) is 9.37. The van der Waals surface area contributed by atoms with E-state index in [0.717, 1.165) is 28.3 Å². The van der Waals surface area contributed by atoms with Gasteiger partial charge >= 0.3 is 5.97 Å². The molecule has 28 heavy (non-hydrogen) atoms. The largest absolute Gasteiger partial charge is 0.461 e. The molecule has 0 saturated carbocycles. The zero-order valence-corrected chi connectivity index (χ0v) is 18.6. The van der Waals surface area contributed by atoms with Crippen molar-refractivity contribution in [3.8, 4) is 0 Å². The molecule has 0 aliphatic carbocycles. The average molecular weight is 388 g/mol. The first-order valence-corrected chi connectivity index (χ1v) is 9.37. The number of amidine groups is 2. The van der Waals surface area contributed by atoms with E-state index >= 15 is 0 Å². The summed E-state index contributed by atoms with van der Waals surface area (Å²) in [5.41, 5.74) is 3.35. The number of ether oxygens (including phenoxy) is 1. The molecule has 0 radical (unpaired) electrons. The van der Waals surface area contributed by atoms with Gasteiger partial charge in [0.2, 0.25) is 0 Å². The van der Waals surface area contributed by atoms with Crippen LogP contribution in [0.2, 0.25) is 0 Å². The first-order chi connectivity index (χ1) is 13.1. The van der Waals surface area contributed by atoms with Gasteiger partial charge in [-0.1, -0.05) is 6.07 Å². The number of carbonyl (C=O) groups excluding carboxylic acids is 1. The molecule has 2 heterocycles. The summed E-state index contributed by atoms with van der Waals surface area (Å²) in [6, 6.07) is 5.96. The van der Waals surface area contributed by atoms with Gasteiger partial charge in [0.1, 0.15) is 16.8 Å². The number of carbonyl (C=O) groups is 1. The molecule has 0 N–H and O–H groups in total. The van der Waals surface area contributed by atoms with E-state index in [1.165, 1.54) is 0 Å². The lowest BCUT2D eigenvalue weighted by Gasteiger charge is -2.16. The van der Waals surface area contributed by atoms with Crippen molar-refractivity contribution in [1.82, 2.24) is 14.2 Å². The molecule has 0 amide bonds. The van der Waals surface area contributed by atoms with Crippen molar-refractivity contribution in [1.29, 1.82) is 0 Å². The molecule has 0 spiro atoms. The van der Waals surface area contributed by atoms with Gasteiger partial charge in [-0.3, -0.25) is 19.0 Å². The van der Waals surface area contributed by atoms with E-state index in [1.54, 1.807) is 0 Å². The van der Waals surface area contributed by atoms with Gasteiger partial charge in [0.05, 0.1) is 68.5 Å². The highest BCUT2D eigenvalue weighted by Crippen LogP contribution is 2.27. The van der Waals surface area contributed by atoms with Gasteiger partial charge in [-0.15, -0.1) is 0 Å². The van der Waals surface area contributed by atoms with Gasteiger partial charge in [-0.2, -0.15) is 0 Å². The van der Waals surface area contributed by atoms with E-state index in [9.17, 15) is 4.79 Å². The molecule has 0 unspecified atom stereocenters. The van der Waals surface area contributed by atoms with Crippen LogP contribution in [-0.4, -0.2) is 104 Å². The Bertz CT molecular complexity index is 943. The second-order valence-corrected chi connectivity index (χ2v) is 7.50. The molecule has 0 aliphatic heterocycles. The molecule has 0 saturated heterocycles. The minimum Gasteiger partial charge on any atom is -0.461 e.